The maximum atomic E-state index is 13.1. The molecule has 1 aliphatic rings. The molecule has 7 nitrogen and oxygen atoms in total. The zero-order valence-electron chi connectivity index (χ0n) is 17.3. The molecule has 1 fully saturated rings. The fraction of sp³-hybridized carbons (Fsp3) is 0.208. The molecule has 2 atom stereocenters. The Morgan fingerprint density at radius 2 is 1.41 bits per heavy atom. The van der Waals surface area contributed by atoms with E-state index in [9.17, 15) is 23.5 Å². The maximum Gasteiger partial charge on any atom is 0.366 e. The van der Waals surface area contributed by atoms with E-state index in [1.165, 1.54) is 24.3 Å². The minimum absolute atomic E-state index is 0.102. The molecule has 3 aromatic rings. The molecule has 32 heavy (non-hydrogen) atoms. The van der Waals surface area contributed by atoms with Crippen molar-refractivity contribution in [2.75, 3.05) is 6.54 Å². The summed E-state index contributed by atoms with van der Waals surface area (Å²) in [7, 11) is -4.32. The summed E-state index contributed by atoms with van der Waals surface area (Å²) in [6.45, 7) is -0.161. The Morgan fingerprint density at radius 3 is 2.00 bits per heavy atom. The Labute approximate surface area is 186 Å². The van der Waals surface area contributed by atoms with Crippen molar-refractivity contribution >= 4 is 16.0 Å². The van der Waals surface area contributed by atoms with Crippen molar-refractivity contribution in [2.24, 2.45) is 0 Å². The van der Waals surface area contributed by atoms with E-state index in [2.05, 4.69) is 0 Å². The molecule has 0 radical (unpaired) electrons. The Morgan fingerprint density at radius 1 is 0.844 bits per heavy atom. The molecular formula is C24H24NO6S+. The van der Waals surface area contributed by atoms with Crippen LogP contribution in [0.15, 0.2) is 83.8 Å². The number of piperidine rings is 1. The predicted octanol–water partition coefficient (Wildman–Crippen LogP) is 4.68. The molecule has 2 N–H and O–H groups in total. The number of sulfonamides is 1. The summed E-state index contributed by atoms with van der Waals surface area (Å²) < 4.78 is 30.5. The molecule has 0 bridgehead atoms. The Kier molecular flexibility index (Phi) is 6.01. The zero-order valence-corrected chi connectivity index (χ0v) is 18.1. The molecule has 1 heterocycles. The third-order valence-corrected chi connectivity index (χ3v) is 7.85. The lowest BCUT2D eigenvalue weighted by Gasteiger charge is -2.36. The number of quaternary nitrogens is 1. The van der Waals surface area contributed by atoms with Crippen molar-refractivity contribution in [1.82, 2.24) is 0 Å². The number of nitrogens with zero attached hydrogens (tertiary/aromatic N) is 1. The fourth-order valence-corrected chi connectivity index (χ4v) is 5.71. The molecule has 1 aliphatic heterocycles. The first-order valence-electron chi connectivity index (χ1n) is 10.3. The van der Waals surface area contributed by atoms with Crippen LogP contribution in [-0.2, 0) is 14.8 Å². The maximum absolute atomic E-state index is 13.1. The fourth-order valence-electron chi connectivity index (χ4n) is 3.96. The highest BCUT2D eigenvalue weighted by molar-refractivity contribution is 7.85. The van der Waals surface area contributed by atoms with Crippen molar-refractivity contribution in [3.05, 3.63) is 78.9 Å². The number of benzene rings is 3. The van der Waals surface area contributed by atoms with Gasteiger partial charge in [-0.15, -0.1) is 0 Å². The number of hydroxylamine groups is 2. The van der Waals surface area contributed by atoms with Gasteiger partial charge in [0.2, 0.25) is 6.04 Å². The van der Waals surface area contributed by atoms with Crippen LogP contribution in [0.3, 0.4) is 0 Å². The monoisotopic (exact) mass is 454 g/mol. The van der Waals surface area contributed by atoms with Crippen LogP contribution >= 0.6 is 0 Å². The molecule has 1 unspecified atom stereocenters. The molecule has 4 rings (SSSR count). The molecule has 0 amide bonds. The molecule has 0 spiro atoms. The lowest BCUT2D eigenvalue weighted by molar-refractivity contribution is -1.02. The number of carboxylic acids is 1. The van der Waals surface area contributed by atoms with Crippen LogP contribution in [0.4, 0.5) is 0 Å². The van der Waals surface area contributed by atoms with Gasteiger partial charge in [0, 0.05) is 12.8 Å². The number of hydrogen-bond acceptors (Lipinski definition) is 5. The number of carboxylic acid groups (broad SMARTS) is 1. The topological polar surface area (TPSA) is 101 Å². The van der Waals surface area contributed by atoms with Gasteiger partial charge < -0.3 is 9.84 Å². The summed E-state index contributed by atoms with van der Waals surface area (Å²) in [4.78, 5) is 11.4. The second kappa shape index (κ2) is 8.74. The van der Waals surface area contributed by atoms with E-state index in [0.717, 1.165) is 11.1 Å². The van der Waals surface area contributed by atoms with Gasteiger partial charge in [-0.1, -0.05) is 46.5 Å². The predicted molar refractivity (Wildman–Crippen MR) is 118 cm³/mol. The van der Waals surface area contributed by atoms with Crippen LogP contribution in [0.5, 0.6) is 11.5 Å². The molecular weight excluding hydrogens is 430 g/mol. The van der Waals surface area contributed by atoms with Gasteiger partial charge in [-0.05, 0) is 53.9 Å². The molecule has 3 aromatic carbocycles. The van der Waals surface area contributed by atoms with Crippen LogP contribution in [0.1, 0.15) is 19.3 Å². The molecule has 0 aliphatic carbocycles. The average Bonchev–Trinajstić information content (AvgIpc) is 2.80. The molecule has 166 valence electrons. The van der Waals surface area contributed by atoms with E-state index in [-0.39, 0.29) is 17.9 Å². The van der Waals surface area contributed by atoms with Crippen LogP contribution in [0, 0.1) is 0 Å². The summed E-state index contributed by atoms with van der Waals surface area (Å²) in [5.41, 5.74) is 2.14. The number of aliphatic carboxylic acids is 1. The smallest absolute Gasteiger partial charge is 0.366 e. The molecule has 0 saturated carbocycles. The van der Waals surface area contributed by atoms with Gasteiger partial charge in [0.15, 0.2) is 0 Å². The number of carbonyl (C=O) groups is 1. The molecule has 8 heteroatoms. The average molecular weight is 455 g/mol. The van der Waals surface area contributed by atoms with Gasteiger partial charge in [0.05, 0.1) is 0 Å². The normalized spacial score (nSPS) is 21.1. The van der Waals surface area contributed by atoms with Crippen molar-refractivity contribution in [3.8, 4) is 22.6 Å². The largest absolute Gasteiger partial charge is 0.477 e. The molecule has 0 aromatic heterocycles. The van der Waals surface area contributed by atoms with Crippen molar-refractivity contribution in [1.29, 1.82) is 0 Å². The second-order valence-electron chi connectivity index (χ2n) is 7.77. The summed E-state index contributed by atoms with van der Waals surface area (Å²) in [6.07, 6.45) is 1.09. The minimum atomic E-state index is -4.32. The molecule has 1 saturated heterocycles. The first-order valence-corrected chi connectivity index (χ1v) is 11.8. The van der Waals surface area contributed by atoms with E-state index < -0.39 is 26.1 Å². The van der Waals surface area contributed by atoms with E-state index in [4.69, 9.17) is 4.74 Å². The van der Waals surface area contributed by atoms with Gasteiger partial charge in [0.1, 0.15) is 22.9 Å². The highest BCUT2D eigenvalue weighted by atomic mass is 32.2. The number of hydrogen-bond donors (Lipinski definition) is 2. The van der Waals surface area contributed by atoms with Gasteiger partial charge in [-0.3, -0.25) is 0 Å². The summed E-state index contributed by atoms with van der Waals surface area (Å²) in [5, 5.41) is 20.3. The van der Waals surface area contributed by atoms with Gasteiger partial charge in [-0.2, -0.15) is 13.6 Å². The van der Waals surface area contributed by atoms with Crippen LogP contribution < -0.4 is 4.74 Å². The summed E-state index contributed by atoms with van der Waals surface area (Å²) >= 11 is 0. The van der Waals surface area contributed by atoms with E-state index in [1.54, 1.807) is 0 Å². The van der Waals surface area contributed by atoms with E-state index in [1.807, 2.05) is 54.6 Å². The Bertz CT molecular complexity index is 1190. The highest BCUT2D eigenvalue weighted by Gasteiger charge is 2.54. The van der Waals surface area contributed by atoms with Crippen molar-refractivity contribution in [3.63, 3.8) is 0 Å². The van der Waals surface area contributed by atoms with Gasteiger partial charge in [0.25, 0.3) is 0 Å². The van der Waals surface area contributed by atoms with Gasteiger partial charge in [-0.25, -0.2) is 4.79 Å². The van der Waals surface area contributed by atoms with Crippen LogP contribution in [0.2, 0.25) is 0 Å². The lowest BCUT2D eigenvalue weighted by atomic mass is 10.1. The quantitative estimate of drug-likeness (QED) is 0.525. The third-order valence-electron chi connectivity index (χ3n) is 5.71. The summed E-state index contributed by atoms with van der Waals surface area (Å²) in [6, 6.07) is 21.7. The van der Waals surface area contributed by atoms with Gasteiger partial charge >= 0.3 is 16.0 Å². The second-order valence-corrected chi connectivity index (χ2v) is 9.82. The van der Waals surface area contributed by atoms with E-state index >= 15 is 0 Å². The first-order chi connectivity index (χ1) is 15.3. The van der Waals surface area contributed by atoms with Crippen molar-refractivity contribution < 1.29 is 32.3 Å². The van der Waals surface area contributed by atoms with Crippen LogP contribution in [0.25, 0.3) is 11.1 Å². The third kappa shape index (κ3) is 4.12. The zero-order chi connectivity index (χ0) is 22.8. The minimum Gasteiger partial charge on any atom is -0.477 e. The highest BCUT2D eigenvalue weighted by Crippen LogP contribution is 2.33. The standard InChI is InChI=1S/C24H23NO6S/c26-24(27)23-8-4-5-17-25(23,28)32(29,30)22-15-13-21(14-16-22)31-20-11-9-19(10-12-20)18-6-2-1-3-7-18/h1-3,6-7,9-16,23,28H,4-5,8,17H2/p+1/t23-,25?/m1/s1. The SMILES string of the molecule is O=C(O)[C@H]1CCCC[N+]1(O)S(=O)(=O)c1ccc(Oc2ccc(-c3ccccc3)cc2)cc1. The summed E-state index contributed by atoms with van der Waals surface area (Å²) in [5.74, 6) is -0.308. The van der Waals surface area contributed by atoms with Crippen molar-refractivity contribution in [2.45, 2.75) is 30.2 Å². The Hall–Kier alpha value is -3.20. The van der Waals surface area contributed by atoms with Crippen LogP contribution in [-0.4, -0.2) is 41.3 Å². The first kappa shape index (κ1) is 22.0. The Balaban J connectivity index is 1.52. The lowest BCUT2D eigenvalue weighted by Crippen LogP contribution is -2.61. The van der Waals surface area contributed by atoms with E-state index in [0.29, 0.717) is 24.3 Å². The number of rotatable bonds is 6. The number of ether oxygens (including phenoxy) is 1.